The summed E-state index contributed by atoms with van der Waals surface area (Å²) in [6, 6.07) is 7.00. The average Bonchev–Trinajstić information content (AvgIpc) is 2.38. The maximum Gasteiger partial charge on any atom is -0.00156 e. The normalized spacial score (nSPS) is 17.4. The molecule has 1 aliphatic rings. The van der Waals surface area contributed by atoms with Gasteiger partial charge in [-0.3, -0.25) is 0 Å². The van der Waals surface area contributed by atoms with Gasteiger partial charge in [0.25, 0.3) is 0 Å². The number of rotatable bonds is 4. The van der Waals surface area contributed by atoms with Gasteiger partial charge in [0.15, 0.2) is 0 Å². The van der Waals surface area contributed by atoms with Crippen LogP contribution in [-0.2, 0) is 11.8 Å². The van der Waals surface area contributed by atoms with E-state index in [0.29, 0.717) is 0 Å². The highest BCUT2D eigenvalue weighted by Crippen LogP contribution is 2.27. The topological polar surface area (TPSA) is 3.24 Å². The predicted octanol–water partition coefficient (Wildman–Crippen LogP) is 4.71. The van der Waals surface area contributed by atoms with E-state index in [0.717, 1.165) is 0 Å². The summed E-state index contributed by atoms with van der Waals surface area (Å²) >= 11 is 0. The van der Waals surface area contributed by atoms with Crippen molar-refractivity contribution in [1.82, 2.24) is 4.90 Å². The lowest BCUT2D eigenvalue weighted by atomic mass is 9.82. The van der Waals surface area contributed by atoms with Gasteiger partial charge < -0.3 is 4.90 Å². The molecule has 2 rings (SSSR count). The van der Waals surface area contributed by atoms with E-state index in [1.165, 1.54) is 62.9 Å². The van der Waals surface area contributed by atoms with Crippen molar-refractivity contribution in [2.45, 2.75) is 65.2 Å². The molecule has 0 aromatic heterocycles. The minimum Gasteiger partial charge on any atom is -0.303 e. The molecule has 0 spiro atoms. The molecule has 1 nitrogen and oxygen atoms in total. The summed E-state index contributed by atoms with van der Waals surface area (Å²) in [4.78, 5) is 2.65. The first-order valence-corrected chi connectivity index (χ1v) is 8.29. The van der Waals surface area contributed by atoms with Gasteiger partial charge in [-0.2, -0.15) is 0 Å². The molecule has 1 heterocycles. The Kier molecular flexibility index (Phi) is 5.26. The van der Waals surface area contributed by atoms with Crippen LogP contribution < -0.4 is 0 Å². The molecule has 0 amide bonds. The fourth-order valence-corrected chi connectivity index (χ4v) is 3.34. The molecule has 0 radical (unpaired) electrons. The molecule has 0 aliphatic carbocycles. The third-order valence-electron chi connectivity index (χ3n) is 4.44. The van der Waals surface area contributed by atoms with Crippen molar-refractivity contribution in [2.75, 3.05) is 19.6 Å². The molecule has 20 heavy (non-hydrogen) atoms. The van der Waals surface area contributed by atoms with Gasteiger partial charge in [0.1, 0.15) is 0 Å². The molecule has 1 saturated heterocycles. The molecular formula is C19H31N. The highest BCUT2D eigenvalue weighted by Gasteiger charge is 2.18. The molecule has 0 unspecified atom stereocenters. The Labute approximate surface area is 125 Å². The Morgan fingerprint density at radius 3 is 2.40 bits per heavy atom. The molecule has 112 valence electrons. The summed E-state index contributed by atoms with van der Waals surface area (Å²) in [6.45, 7) is 13.1. The summed E-state index contributed by atoms with van der Waals surface area (Å²) in [5.74, 6) is 0. The van der Waals surface area contributed by atoms with Crippen molar-refractivity contribution in [3.05, 3.63) is 34.9 Å². The first-order chi connectivity index (χ1) is 9.47. The van der Waals surface area contributed by atoms with E-state index >= 15 is 0 Å². The van der Waals surface area contributed by atoms with Gasteiger partial charge in [-0.1, -0.05) is 51.0 Å². The molecule has 0 bridgehead atoms. The van der Waals surface area contributed by atoms with Crippen LogP contribution >= 0.6 is 0 Å². The van der Waals surface area contributed by atoms with Gasteiger partial charge in [-0.15, -0.1) is 0 Å². The van der Waals surface area contributed by atoms with Crippen LogP contribution in [0.1, 0.15) is 63.1 Å². The quantitative estimate of drug-likeness (QED) is 0.768. The Balaban J connectivity index is 1.95. The summed E-state index contributed by atoms with van der Waals surface area (Å²) in [5.41, 5.74) is 4.75. The highest BCUT2D eigenvalue weighted by atomic mass is 15.1. The molecule has 0 saturated carbocycles. The maximum atomic E-state index is 2.65. The first kappa shape index (κ1) is 15.6. The Morgan fingerprint density at radius 2 is 1.75 bits per heavy atom. The molecule has 1 heteroatoms. The molecule has 1 aromatic carbocycles. The van der Waals surface area contributed by atoms with E-state index in [2.05, 4.69) is 50.8 Å². The third-order valence-corrected chi connectivity index (χ3v) is 4.44. The van der Waals surface area contributed by atoms with E-state index < -0.39 is 0 Å². The van der Waals surface area contributed by atoms with Gasteiger partial charge in [-0.05, 0) is 68.8 Å². The fraction of sp³-hybridized carbons (Fsp3) is 0.684. The number of nitrogens with zero attached hydrogens (tertiary/aromatic N) is 1. The smallest absolute Gasteiger partial charge is 0.00156 e. The van der Waals surface area contributed by atoms with E-state index in [1.807, 2.05) is 0 Å². The fourth-order valence-electron chi connectivity index (χ4n) is 3.34. The van der Waals surface area contributed by atoms with Crippen LogP contribution in [0.5, 0.6) is 0 Å². The van der Waals surface area contributed by atoms with Crippen molar-refractivity contribution < 1.29 is 0 Å². The number of likely N-dealkylation sites (tertiary alicyclic amines) is 1. The highest BCUT2D eigenvalue weighted by molar-refractivity contribution is 5.36. The summed E-state index contributed by atoms with van der Waals surface area (Å²) in [5, 5.41) is 0. The molecule has 1 aromatic rings. The van der Waals surface area contributed by atoms with Crippen molar-refractivity contribution in [2.24, 2.45) is 0 Å². The van der Waals surface area contributed by atoms with Gasteiger partial charge in [0, 0.05) is 0 Å². The number of benzene rings is 1. The van der Waals surface area contributed by atoms with Crippen LogP contribution in [0.15, 0.2) is 18.2 Å². The Morgan fingerprint density at radius 1 is 1.05 bits per heavy atom. The lowest BCUT2D eigenvalue weighted by Crippen LogP contribution is -2.30. The SMILES string of the molecule is Cc1ccc(C(C)(C)C)c(CCCN2CCCCC2)c1. The van der Waals surface area contributed by atoms with Crippen LogP contribution in [0.4, 0.5) is 0 Å². The molecule has 1 fully saturated rings. The Hall–Kier alpha value is -0.820. The second-order valence-electron chi connectivity index (χ2n) is 7.42. The third kappa shape index (κ3) is 4.34. The zero-order valence-electron chi connectivity index (χ0n) is 13.8. The average molecular weight is 273 g/mol. The number of aryl methyl sites for hydroxylation is 2. The van der Waals surface area contributed by atoms with Crippen molar-refractivity contribution >= 4 is 0 Å². The van der Waals surface area contributed by atoms with Gasteiger partial charge in [0.2, 0.25) is 0 Å². The molecule has 0 N–H and O–H groups in total. The van der Waals surface area contributed by atoms with Crippen molar-refractivity contribution in [3.8, 4) is 0 Å². The second kappa shape index (κ2) is 6.76. The van der Waals surface area contributed by atoms with Crippen LogP contribution in [0.3, 0.4) is 0 Å². The summed E-state index contributed by atoms with van der Waals surface area (Å²) in [7, 11) is 0. The molecular weight excluding hydrogens is 242 g/mol. The lowest BCUT2D eigenvalue weighted by Gasteiger charge is -2.27. The van der Waals surface area contributed by atoms with Crippen LogP contribution in [0, 0.1) is 6.92 Å². The summed E-state index contributed by atoms with van der Waals surface area (Å²) < 4.78 is 0. The number of piperidine rings is 1. The predicted molar refractivity (Wildman–Crippen MR) is 88.5 cm³/mol. The number of hydrogen-bond donors (Lipinski definition) is 0. The zero-order valence-corrected chi connectivity index (χ0v) is 13.8. The van der Waals surface area contributed by atoms with Crippen LogP contribution in [0.2, 0.25) is 0 Å². The first-order valence-electron chi connectivity index (χ1n) is 8.29. The van der Waals surface area contributed by atoms with Gasteiger partial charge >= 0.3 is 0 Å². The largest absolute Gasteiger partial charge is 0.303 e. The summed E-state index contributed by atoms with van der Waals surface area (Å²) in [6.07, 6.45) is 6.76. The molecule has 0 atom stereocenters. The van der Waals surface area contributed by atoms with Crippen LogP contribution in [0.25, 0.3) is 0 Å². The zero-order chi connectivity index (χ0) is 14.6. The van der Waals surface area contributed by atoms with E-state index in [9.17, 15) is 0 Å². The van der Waals surface area contributed by atoms with E-state index in [4.69, 9.17) is 0 Å². The number of hydrogen-bond acceptors (Lipinski definition) is 1. The second-order valence-corrected chi connectivity index (χ2v) is 7.42. The molecule has 1 aliphatic heterocycles. The van der Waals surface area contributed by atoms with E-state index in [-0.39, 0.29) is 5.41 Å². The monoisotopic (exact) mass is 273 g/mol. The van der Waals surface area contributed by atoms with Gasteiger partial charge in [0.05, 0.1) is 0 Å². The Bertz CT molecular complexity index is 422. The van der Waals surface area contributed by atoms with Gasteiger partial charge in [-0.25, -0.2) is 0 Å². The van der Waals surface area contributed by atoms with Crippen LogP contribution in [-0.4, -0.2) is 24.5 Å². The minimum atomic E-state index is 0.258. The minimum absolute atomic E-state index is 0.258. The maximum absolute atomic E-state index is 2.65. The standard InChI is InChI=1S/C19H31N/c1-16-10-11-18(19(2,3)4)17(15-16)9-8-14-20-12-6-5-7-13-20/h10-11,15H,5-9,12-14H2,1-4H3. The van der Waals surface area contributed by atoms with Crippen molar-refractivity contribution in [3.63, 3.8) is 0 Å². The van der Waals surface area contributed by atoms with E-state index in [1.54, 1.807) is 5.56 Å². The lowest BCUT2D eigenvalue weighted by molar-refractivity contribution is 0.226. The van der Waals surface area contributed by atoms with Crippen molar-refractivity contribution in [1.29, 1.82) is 0 Å².